The molecule has 1 saturated heterocycles. The van der Waals surface area contributed by atoms with Crippen molar-refractivity contribution in [2.24, 2.45) is 0 Å². The van der Waals surface area contributed by atoms with Crippen LogP contribution in [0.2, 0.25) is 0 Å². The lowest BCUT2D eigenvalue weighted by Gasteiger charge is -2.29. The summed E-state index contributed by atoms with van der Waals surface area (Å²) in [5.74, 6) is 0.410. The Morgan fingerprint density at radius 3 is 2.53 bits per heavy atom. The summed E-state index contributed by atoms with van der Waals surface area (Å²) in [4.78, 5) is 15.5. The zero-order chi connectivity index (χ0) is 22.8. The molecule has 1 atom stereocenters. The predicted molar refractivity (Wildman–Crippen MR) is 115 cm³/mol. The van der Waals surface area contributed by atoms with Crippen LogP contribution in [-0.2, 0) is 4.74 Å². The van der Waals surface area contributed by atoms with Crippen LogP contribution < -0.4 is 15.0 Å². The van der Waals surface area contributed by atoms with Crippen LogP contribution in [0.4, 0.5) is 24.7 Å². The molecule has 0 amide bonds. The molecule has 0 aliphatic carbocycles. The minimum absolute atomic E-state index is 0.127. The summed E-state index contributed by atoms with van der Waals surface area (Å²) < 4.78 is 51.9. The van der Waals surface area contributed by atoms with Crippen LogP contribution in [0.3, 0.4) is 0 Å². The van der Waals surface area contributed by atoms with Gasteiger partial charge in [0.25, 0.3) is 6.43 Å². The Labute approximate surface area is 183 Å². The molecular formula is C22H24F3N5O2. The topological polar surface area (TPSA) is 72.4 Å². The number of anilines is 2. The van der Waals surface area contributed by atoms with Crippen molar-refractivity contribution in [1.29, 1.82) is 0 Å². The van der Waals surface area contributed by atoms with Crippen molar-refractivity contribution in [3.8, 4) is 5.88 Å². The molecular weight excluding hydrogens is 423 g/mol. The van der Waals surface area contributed by atoms with Gasteiger partial charge in [0, 0.05) is 18.7 Å². The van der Waals surface area contributed by atoms with Crippen molar-refractivity contribution >= 4 is 22.5 Å². The van der Waals surface area contributed by atoms with E-state index >= 15 is 0 Å². The van der Waals surface area contributed by atoms with Gasteiger partial charge in [0.05, 0.1) is 37.3 Å². The minimum Gasteiger partial charge on any atom is -0.479 e. The number of nitrogens with one attached hydrogen (secondary N) is 1. The first-order valence-corrected chi connectivity index (χ1v) is 10.3. The monoisotopic (exact) mass is 447 g/mol. The number of alkyl halides is 2. The minimum atomic E-state index is -2.89. The number of hydrogen-bond donors (Lipinski definition) is 1. The molecule has 0 spiro atoms. The summed E-state index contributed by atoms with van der Waals surface area (Å²) in [7, 11) is 1.55. The van der Waals surface area contributed by atoms with E-state index in [-0.39, 0.29) is 5.56 Å². The molecule has 1 N–H and O–H groups in total. The van der Waals surface area contributed by atoms with Crippen LogP contribution in [0.25, 0.3) is 11.0 Å². The second kappa shape index (κ2) is 9.15. The van der Waals surface area contributed by atoms with Gasteiger partial charge in [-0.1, -0.05) is 18.2 Å². The first-order valence-electron chi connectivity index (χ1n) is 10.3. The summed E-state index contributed by atoms with van der Waals surface area (Å²) in [6.45, 7) is 5.96. The number of morpholine rings is 1. The Balaban J connectivity index is 1.76. The molecule has 7 nitrogen and oxygen atoms in total. The molecule has 1 aromatic carbocycles. The molecule has 0 radical (unpaired) electrons. The molecule has 3 aromatic rings. The summed E-state index contributed by atoms with van der Waals surface area (Å²) in [5, 5.41) is 3.78. The van der Waals surface area contributed by atoms with Gasteiger partial charge in [-0.3, -0.25) is 0 Å². The van der Waals surface area contributed by atoms with E-state index in [1.165, 1.54) is 12.1 Å². The van der Waals surface area contributed by atoms with Crippen LogP contribution in [0.5, 0.6) is 5.88 Å². The molecule has 1 aliphatic heterocycles. The van der Waals surface area contributed by atoms with Crippen LogP contribution in [-0.4, -0.2) is 48.4 Å². The number of ether oxygens (including phenoxy) is 2. The maximum absolute atomic E-state index is 14.7. The number of nitrogens with zero attached hydrogens (tertiary/aromatic N) is 4. The maximum Gasteiger partial charge on any atom is 0.266 e. The van der Waals surface area contributed by atoms with Crippen LogP contribution >= 0.6 is 0 Å². The number of hydrogen-bond acceptors (Lipinski definition) is 7. The Morgan fingerprint density at radius 2 is 1.84 bits per heavy atom. The maximum atomic E-state index is 14.7. The highest BCUT2D eigenvalue weighted by molar-refractivity contribution is 5.90. The number of fused-ring (bicyclic) bond motifs is 1. The molecule has 3 heterocycles. The summed E-state index contributed by atoms with van der Waals surface area (Å²) in [6.07, 6.45) is -2.89. The molecule has 1 fully saturated rings. The van der Waals surface area contributed by atoms with Gasteiger partial charge in [0.1, 0.15) is 23.1 Å². The third kappa shape index (κ3) is 4.27. The van der Waals surface area contributed by atoms with E-state index in [0.717, 1.165) is 11.8 Å². The molecule has 170 valence electrons. The van der Waals surface area contributed by atoms with Gasteiger partial charge < -0.3 is 19.7 Å². The fourth-order valence-corrected chi connectivity index (χ4v) is 3.78. The highest BCUT2D eigenvalue weighted by Crippen LogP contribution is 2.34. The summed E-state index contributed by atoms with van der Waals surface area (Å²) in [6, 6.07) is 5.25. The number of methoxy groups -OCH3 is 1. The number of rotatable bonds is 6. The predicted octanol–water partition coefficient (Wildman–Crippen LogP) is 4.43. The van der Waals surface area contributed by atoms with Crippen molar-refractivity contribution in [1.82, 2.24) is 15.0 Å². The van der Waals surface area contributed by atoms with E-state index in [2.05, 4.69) is 25.2 Å². The van der Waals surface area contributed by atoms with Gasteiger partial charge in [-0.05, 0) is 19.9 Å². The molecule has 0 unspecified atom stereocenters. The Bertz CT molecular complexity index is 1120. The second-order valence-corrected chi connectivity index (χ2v) is 7.52. The standard InChI is InChI=1S/C22H24F3N5O2/c1-12(14-5-4-6-15(18(14)23)19(24)25)26-20-16-11-17(30-7-9-32-10-8-30)22(31-3)29-21(16)28-13(2)27-20/h4-6,11-12,19H,7-10H2,1-3H3,(H,26,27,28,29)/t12-/m1/s1. The van der Waals surface area contributed by atoms with E-state index in [0.29, 0.717) is 54.9 Å². The van der Waals surface area contributed by atoms with Crippen LogP contribution in [0.15, 0.2) is 24.3 Å². The van der Waals surface area contributed by atoms with Gasteiger partial charge in [0.15, 0.2) is 5.65 Å². The second-order valence-electron chi connectivity index (χ2n) is 7.52. The molecule has 0 saturated carbocycles. The Hall–Kier alpha value is -3.14. The van der Waals surface area contributed by atoms with Gasteiger partial charge in [-0.25, -0.2) is 23.1 Å². The van der Waals surface area contributed by atoms with E-state index in [4.69, 9.17) is 9.47 Å². The third-order valence-electron chi connectivity index (χ3n) is 5.40. The first-order chi connectivity index (χ1) is 15.4. The van der Waals surface area contributed by atoms with Gasteiger partial charge in [-0.2, -0.15) is 4.98 Å². The van der Waals surface area contributed by atoms with E-state index in [1.807, 2.05) is 6.07 Å². The fourth-order valence-electron chi connectivity index (χ4n) is 3.78. The van der Waals surface area contributed by atoms with E-state index in [1.54, 1.807) is 21.0 Å². The van der Waals surface area contributed by atoms with Gasteiger partial charge >= 0.3 is 0 Å². The van der Waals surface area contributed by atoms with Crippen molar-refractivity contribution in [2.75, 3.05) is 43.6 Å². The van der Waals surface area contributed by atoms with Crippen molar-refractivity contribution in [3.05, 3.63) is 47.0 Å². The molecule has 10 heteroatoms. The third-order valence-corrected chi connectivity index (χ3v) is 5.40. The highest BCUT2D eigenvalue weighted by atomic mass is 19.3. The smallest absolute Gasteiger partial charge is 0.266 e. The Morgan fingerprint density at radius 1 is 1.12 bits per heavy atom. The number of aryl methyl sites for hydroxylation is 1. The number of pyridine rings is 1. The van der Waals surface area contributed by atoms with Gasteiger partial charge in [-0.15, -0.1) is 0 Å². The summed E-state index contributed by atoms with van der Waals surface area (Å²) >= 11 is 0. The zero-order valence-corrected chi connectivity index (χ0v) is 18.0. The largest absolute Gasteiger partial charge is 0.479 e. The first kappa shape index (κ1) is 22.1. The molecule has 1 aliphatic rings. The van der Waals surface area contributed by atoms with E-state index < -0.39 is 23.8 Å². The average Bonchev–Trinajstić information content (AvgIpc) is 2.78. The summed E-state index contributed by atoms with van der Waals surface area (Å²) in [5.41, 5.74) is 0.697. The lowest BCUT2D eigenvalue weighted by atomic mass is 10.0. The Kier molecular flexibility index (Phi) is 6.31. The van der Waals surface area contributed by atoms with Crippen molar-refractivity contribution in [2.45, 2.75) is 26.3 Å². The highest BCUT2D eigenvalue weighted by Gasteiger charge is 2.23. The van der Waals surface area contributed by atoms with Crippen LogP contribution in [0.1, 0.15) is 36.3 Å². The normalized spacial score (nSPS) is 15.3. The molecule has 4 rings (SSSR count). The molecule has 2 aromatic heterocycles. The lowest BCUT2D eigenvalue weighted by molar-refractivity contribution is 0.122. The number of benzene rings is 1. The fraction of sp³-hybridized carbons (Fsp3) is 0.409. The van der Waals surface area contributed by atoms with Crippen molar-refractivity contribution < 1.29 is 22.6 Å². The molecule has 32 heavy (non-hydrogen) atoms. The van der Waals surface area contributed by atoms with Crippen LogP contribution in [0, 0.1) is 12.7 Å². The number of aromatic nitrogens is 3. The van der Waals surface area contributed by atoms with Crippen molar-refractivity contribution in [3.63, 3.8) is 0 Å². The quantitative estimate of drug-likeness (QED) is 0.599. The van der Waals surface area contributed by atoms with E-state index in [9.17, 15) is 13.2 Å². The average molecular weight is 447 g/mol. The molecule has 0 bridgehead atoms. The lowest BCUT2D eigenvalue weighted by Crippen LogP contribution is -2.36. The van der Waals surface area contributed by atoms with Gasteiger partial charge in [0.2, 0.25) is 5.88 Å². The number of halogens is 3. The zero-order valence-electron chi connectivity index (χ0n) is 18.0. The SMILES string of the molecule is COc1nc2nc(C)nc(N[C@H](C)c3cccc(C(F)F)c3F)c2cc1N1CCOCC1.